The fourth-order valence-corrected chi connectivity index (χ4v) is 3.03. The van der Waals surface area contributed by atoms with E-state index in [9.17, 15) is 9.59 Å². The van der Waals surface area contributed by atoms with Crippen LogP contribution < -0.4 is 5.32 Å². The van der Waals surface area contributed by atoms with Gasteiger partial charge in [0.1, 0.15) is 0 Å². The van der Waals surface area contributed by atoms with E-state index in [1.807, 2.05) is 16.8 Å². The molecule has 1 N–H and O–H groups in total. The predicted molar refractivity (Wildman–Crippen MR) is 102 cm³/mol. The molecule has 0 aliphatic carbocycles. The molecule has 0 radical (unpaired) electrons. The molecule has 9 heteroatoms. The summed E-state index contributed by atoms with van der Waals surface area (Å²) in [5.74, 6) is -0.141. The van der Waals surface area contributed by atoms with E-state index in [1.165, 1.54) is 11.3 Å². The number of halogens is 1. The number of rotatable bonds is 7. The van der Waals surface area contributed by atoms with Gasteiger partial charge in [-0.3, -0.25) is 9.59 Å². The number of carbonyl (C=O) groups excluding carboxylic acids is 2. The lowest BCUT2D eigenvalue weighted by atomic mass is 10.2. The van der Waals surface area contributed by atoms with Crippen molar-refractivity contribution >= 4 is 40.5 Å². The van der Waals surface area contributed by atoms with E-state index in [2.05, 4.69) is 15.5 Å². The van der Waals surface area contributed by atoms with Gasteiger partial charge < -0.3 is 14.6 Å². The first kappa shape index (κ1) is 19.1. The van der Waals surface area contributed by atoms with Gasteiger partial charge in [0.25, 0.3) is 5.91 Å². The molecular weight excluding hydrogens is 390 g/mol. The van der Waals surface area contributed by atoms with Crippen molar-refractivity contribution in [3.8, 4) is 11.4 Å². The molecule has 7 nitrogen and oxygen atoms in total. The average Bonchev–Trinajstić information content (AvgIpc) is 3.33. The number of anilines is 1. The zero-order valence-electron chi connectivity index (χ0n) is 14.4. The molecule has 1 amide bonds. The quantitative estimate of drug-likeness (QED) is 0.599. The number of carbonyl (C=O) groups is 2. The van der Waals surface area contributed by atoms with Crippen molar-refractivity contribution < 1.29 is 18.8 Å². The van der Waals surface area contributed by atoms with Gasteiger partial charge in [-0.1, -0.05) is 22.8 Å². The molecule has 0 bridgehead atoms. The fraction of sp³-hybridized carbons (Fsp3) is 0.222. The second-order valence-electron chi connectivity index (χ2n) is 5.65. The van der Waals surface area contributed by atoms with Crippen LogP contribution in [0.25, 0.3) is 11.4 Å². The van der Waals surface area contributed by atoms with Gasteiger partial charge in [-0.2, -0.15) is 16.3 Å². The summed E-state index contributed by atoms with van der Waals surface area (Å²) in [6.45, 7) is 1.41. The van der Waals surface area contributed by atoms with Crippen LogP contribution in [0.1, 0.15) is 17.9 Å². The second-order valence-corrected chi connectivity index (χ2v) is 6.83. The number of aromatic nitrogens is 2. The third kappa shape index (κ3) is 5.15. The number of hydrogen-bond acceptors (Lipinski definition) is 7. The zero-order valence-corrected chi connectivity index (χ0v) is 16.0. The van der Waals surface area contributed by atoms with Crippen LogP contribution in [0.15, 0.2) is 39.5 Å². The van der Waals surface area contributed by atoms with Crippen LogP contribution in [0.4, 0.5) is 5.69 Å². The summed E-state index contributed by atoms with van der Waals surface area (Å²) in [5, 5.41) is 10.9. The number of thiophene rings is 1. The number of amides is 1. The first-order valence-corrected chi connectivity index (χ1v) is 9.41. The Balaban J connectivity index is 1.43. The number of benzene rings is 1. The Morgan fingerprint density at radius 3 is 2.96 bits per heavy atom. The minimum atomic E-state index is -0.525. The Morgan fingerprint density at radius 1 is 1.33 bits per heavy atom. The van der Waals surface area contributed by atoms with Crippen molar-refractivity contribution in [2.24, 2.45) is 0 Å². The lowest BCUT2D eigenvalue weighted by Crippen LogP contribution is -2.21. The Morgan fingerprint density at radius 2 is 2.19 bits per heavy atom. The zero-order chi connectivity index (χ0) is 19.2. The topological polar surface area (TPSA) is 94.3 Å². The van der Waals surface area contributed by atoms with Gasteiger partial charge in [-0.15, -0.1) is 0 Å². The molecule has 0 fully saturated rings. The molecule has 0 saturated heterocycles. The summed E-state index contributed by atoms with van der Waals surface area (Å²) in [4.78, 5) is 28.0. The molecule has 27 heavy (non-hydrogen) atoms. The van der Waals surface area contributed by atoms with E-state index in [4.69, 9.17) is 20.9 Å². The maximum Gasteiger partial charge on any atom is 0.306 e. The number of esters is 1. The van der Waals surface area contributed by atoms with Gasteiger partial charge in [0, 0.05) is 28.1 Å². The number of hydrogen-bond donors (Lipinski definition) is 1. The van der Waals surface area contributed by atoms with Crippen LogP contribution in [0.5, 0.6) is 0 Å². The van der Waals surface area contributed by atoms with Crippen LogP contribution >= 0.6 is 22.9 Å². The standard InChI is InChI=1S/C18H16ClN3O4S/c1-11-13(19)3-2-4-14(11)20-15(23)9-25-17(24)6-5-16-21-18(22-26-16)12-7-8-27-10-12/h2-4,7-8,10H,5-6,9H2,1H3,(H,20,23). The second kappa shape index (κ2) is 8.79. The van der Waals surface area contributed by atoms with Crippen LogP contribution in [-0.2, 0) is 20.7 Å². The van der Waals surface area contributed by atoms with Crippen molar-refractivity contribution in [3.63, 3.8) is 0 Å². The summed E-state index contributed by atoms with van der Waals surface area (Å²) in [6.07, 6.45) is 0.278. The van der Waals surface area contributed by atoms with Crippen LogP contribution in [-0.4, -0.2) is 28.6 Å². The summed E-state index contributed by atoms with van der Waals surface area (Å²) in [5.41, 5.74) is 2.19. The molecule has 0 aliphatic rings. The molecule has 3 aromatic rings. The molecule has 0 saturated carbocycles. The van der Waals surface area contributed by atoms with Crippen LogP contribution in [0.2, 0.25) is 5.02 Å². The Hall–Kier alpha value is -2.71. The van der Waals surface area contributed by atoms with Gasteiger partial charge in [-0.25, -0.2) is 0 Å². The molecule has 1 aromatic carbocycles. The SMILES string of the molecule is Cc1c(Cl)cccc1NC(=O)COC(=O)CCc1nc(-c2ccsc2)no1. The molecule has 2 aromatic heterocycles. The molecule has 140 valence electrons. The lowest BCUT2D eigenvalue weighted by Gasteiger charge is -2.09. The maximum absolute atomic E-state index is 11.9. The normalized spacial score (nSPS) is 10.6. The summed E-state index contributed by atoms with van der Waals surface area (Å²) in [7, 11) is 0. The first-order chi connectivity index (χ1) is 13.0. The molecule has 0 unspecified atom stereocenters. The van der Waals surface area contributed by atoms with E-state index in [-0.39, 0.29) is 19.4 Å². The van der Waals surface area contributed by atoms with E-state index in [0.29, 0.717) is 22.4 Å². The number of ether oxygens (including phenoxy) is 1. The van der Waals surface area contributed by atoms with Gasteiger partial charge in [-0.05, 0) is 36.1 Å². The number of nitrogens with zero attached hydrogens (tertiary/aromatic N) is 2. The van der Waals surface area contributed by atoms with Crippen molar-refractivity contribution in [1.82, 2.24) is 10.1 Å². The van der Waals surface area contributed by atoms with Gasteiger partial charge >= 0.3 is 5.97 Å². The predicted octanol–water partition coefficient (Wildman–Crippen LogP) is 3.87. The highest BCUT2D eigenvalue weighted by atomic mass is 35.5. The first-order valence-electron chi connectivity index (χ1n) is 8.08. The van der Waals surface area contributed by atoms with Gasteiger partial charge in [0.2, 0.25) is 11.7 Å². The highest BCUT2D eigenvalue weighted by Crippen LogP contribution is 2.23. The van der Waals surface area contributed by atoms with E-state index >= 15 is 0 Å². The minimum absolute atomic E-state index is 0.0365. The molecular formula is C18H16ClN3O4S. The molecule has 0 atom stereocenters. The molecule has 2 heterocycles. The van der Waals surface area contributed by atoms with E-state index in [0.717, 1.165) is 11.1 Å². The fourth-order valence-electron chi connectivity index (χ4n) is 2.22. The Bertz CT molecular complexity index is 940. The van der Waals surface area contributed by atoms with Gasteiger partial charge in [0.05, 0.1) is 6.42 Å². The number of nitrogens with one attached hydrogen (secondary N) is 1. The minimum Gasteiger partial charge on any atom is -0.456 e. The molecule has 3 rings (SSSR count). The Labute approximate surface area is 164 Å². The highest BCUT2D eigenvalue weighted by Gasteiger charge is 2.13. The largest absolute Gasteiger partial charge is 0.456 e. The van der Waals surface area contributed by atoms with E-state index in [1.54, 1.807) is 25.1 Å². The van der Waals surface area contributed by atoms with Crippen molar-refractivity contribution in [1.29, 1.82) is 0 Å². The van der Waals surface area contributed by atoms with Gasteiger partial charge in [0.15, 0.2) is 6.61 Å². The monoisotopic (exact) mass is 405 g/mol. The number of aryl methyl sites for hydroxylation is 1. The van der Waals surface area contributed by atoms with Crippen molar-refractivity contribution in [2.45, 2.75) is 19.8 Å². The van der Waals surface area contributed by atoms with Crippen molar-refractivity contribution in [2.75, 3.05) is 11.9 Å². The lowest BCUT2D eigenvalue weighted by molar-refractivity contribution is -0.147. The molecule has 0 aliphatic heterocycles. The average molecular weight is 406 g/mol. The highest BCUT2D eigenvalue weighted by molar-refractivity contribution is 7.08. The Kier molecular flexibility index (Phi) is 6.20. The van der Waals surface area contributed by atoms with E-state index < -0.39 is 11.9 Å². The summed E-state index contributed by atoms with van der Waals surface area (Å²) >= 11 is 7.53. The summed E-state index contributed by atoms with van der Waals surface area (Å²) in [6, 6.07) is 7.06. The smallest absolute Gasteiger partial charge is 0.306 e. The third-order valence-corrected chi connectivity index (χ3v) is 4.79. The third-order valence-electron chi connectivity index (χ3n) is 3.70. The van der Waals surface area contributed by atoms with Crippen LogP contribution in [0.3, 0.4) is 0 Å². The molecule has 0 spiro atoms. The summed E-state index contributed by atoms with van der Waals surface area (Å²) < 4.78 is 10.1. The van der Waals surface area contributed by atoms with Crippen molar-refractivity contribution in [3.05, 3.63) is 51.5 Å². The van der Waals surface area contributed by atoms with Crippen LogP contribution in [0, 0.1) is 6.92 Å². The maximum atomic E-state index is 11.9.